The molecule has 4 aromatic rings. The Balaban J connectivity index is 0.843. The van der Waals surface area contributed by atoms with Gasteiger partial charge in [0.25, 0.3) is 11.5 Å². The summed E-state index contributed by atoms with van der Waals surface area (Å²) in [5.74, 6) is 2.17. The number of carbonyl (C=O) groups excluding carboxylic acids is 3. The maximum absolute atomic E-state index is 13.4. The Morgan fingerprint density at radius 3 is 2.22 bits per heavy atom. The Hall–Kier alpha value is -5.47. The second kappa shape index (κ2) is 16.4. The normalized spacial score (nSPS) is 19.5. The minimum absolute atomic E-state index is 0.0918. The molecule has 0 aliphatic carbocycles. The molecule has 8 rings (SSSR count). The van der Waals surface area contributed by atoms with Crippen molar-refractivity contribution in [1.82, 2.24) is 29.6 Å². The third kappa shape index (κ3) is 7.74. The van der Waals surface area contributed by atoms with E-state index in [1.165, 1.54) is 6.42 Å². The summed E-state index contributed by atoms with van der Waals surface area (Å²) < 4.78 is 13.6. The number of aryl methyl sites for hydroxylation is 1. The number of hydrogen-bond acceptors (Lipinski definition) is 11. The Morgan fingerprint density at radius 1 is 0.845 bits per heavy atom. The topological polar surface area (TPSA) is 133 Å². The third-order valence-corrected chi connectivity index (χ3v) is 12.6. The van der Waals surface area contributed by atoms with E-state index >= 15 is 0 Å². The summed E-state index contributed by atoms with van der Waals surface area (Å²) in [4.78, 5) is 66.0. The van der Waals surface area contributed by atoms with Crippen LogP contribution < -0.4 is 30.1 Å². The van der Waals surface area contributed by atoms with Gasteiger partial charge in [-0.15, -0.1) is 0 Å². The van der Waals surface area contributed by atoms with E-state index in [2.05, 4.69) is 43.2 Å². The van der Waals surface area contributed by atoms with Gasteiger partial charge in [-0.05, 0) is 79.6 Å². The first kappa shape index (κ1) is 39.4. The molecule has 4 aliphatic rings. The van der Waals surface area contributed by atoms with Crippen LogP contribution in [0, 0.1) is 5.92 Å². The highest BCUT2D eigenvalue weighted by atomic mass is 16.5. The molecule has 3 amide bonds. The van der Waals surface area contributed by atoms with Crippen LogP contribution in [0.1, 0.15) is 53.6 Å². The van der Waals surface area contributed by atoms with Crippen LogP contribution in [0.15, 0.2) is 53.6 Å². The largest absolute Gasteiger partial charge is 0.496 e. The summed E-state index contributed by atoms with van der Waals surface area (Å²) in [6.45, 7) is 8.04. The number of hydrogen-bond donors (Lipinski definition) is 1. The summed E-state index contributed by atoms with van der Waals surface area (Å²) in [6, 6.07) is 11.6. The summed E-state index contributed by atoms with van der Waals surface area (Å²) in [7, 11) is 9.03. The van der Waals surface area contributed by atoms with E-state index in [0.29, 0.717) is 36.4 Å². The van der Waals surface area contributed by atoms with Crippen LogP contribution in [0.2, 0.25) is 0 Å². The Bertz CT molecular complexity index is 2270. The highest BCUT2D eigenvalue weighted by Crippen LogP contribution is 2.39. The predicted octanol–water partition coefficient (Wildman–Crippen LogP) is 3.87. The van der Waals surface area contributed by atoms with Gasteiger partial charge in [-0.25, -0.2) is 4.98 Å². The van der Waals surface area contributed by atoms with Crippen molar-refractivity contribution in [2.24, 2.45) is 13.0 Å². The number of ether oxygens (including phenoxy) is 2. The van der Waals surface area contributed by atoms with Crippen LogP contribution in [-0.2, 0) is 29.7 Å². The van der Waals surface area contributed by atoms with E-state index in [1.807, 2.05) is 43.4 Å². The van der Waals surface area contributed by atoms with Crippen LogP contribution >= 0.6 is 0 Å². The summed E-state index contributed by atoms with van der Waals surface area (Å²) in [5, 5.41) is 3.78. The van der Waals surface area contributed by atoms with Crippen molar-refractivity contribution in [1.29, 1.82) is 0 Å². The molecule has 1 N–H and O–H groups in total. The molecule has 0 radical (unpaired) electrons. The van der Waals surface area contributed by atoms with Crippen LogP contribution in [0.5, 0.6) is 11.5 Å². The molecule has 0 bridgehead atoms. The molecule has 1 unspecified atom stereocenters. The van der Waals surface area contributed by atoms with Crippen LogP contribution in [0.25, 0.3) is 21.9 Å². The number of anilines is 2. The van der Waals surface area contributed by atoms with Gasteiger partial charge in [0, 0.05) is 115 Å². The van der Waals surface area contributed by atoms with Crippen molar-refractivity contribution in [3.05, 3.63) is 75.8 Å². The molecule has 1 atom stereocenters. The van der Waals surface area contributed by atoms with Gasteiger partial charge >= 0.3 is 0 Å². The highest BCUT2D eigenvalue weighted by molar-refractivity contribution is 6.05. The summed E-state index contributed by atoms with van der Waals surface area (Å²) in [6.07, 6.45) is 7.57. The van der Waals surface area contributed by atoms with Crippen molar-refractivity contribution >= 4 is 40.0 Å². The lowest BCUT2D eigenvalue weighted by molar-refractivity contribution is -0.136. The zero-order valence-electron chi connectivity index (χ0n) is 34.3. The lowest BCUT2D eigenvalue weighted by Crippen LogP contribution is -2.52. The molecule has 0 saturated carbocycles. The van der Waals surface area contributed by atoms with Gasteiger partial charge in [0.1, 0.15) is 23.4 Å². The molecule has 0 spiro atoms. The van der Waals surface area contributed by atoms with Gasteiger partial charge in [0.2, 0.25) is 11.8 Å². The van der Waals surface area contributed by atoms with Crippen molar-refractivity contribution in [3.63, 3.8) is 0 Å². The van der Waals surface area contributed by atoms with E-state index in [0.717, 1.165) is 109 Å². The van der Waals surface area contributed by atoms with Crippen molar-refractivity contribution in [2.75, 3.05) is 83.9 Å². The number of piperazine rings is 1. The number of aromatic nitrogens is 2. The number of nitrogens with zero attached hydrogens (tertiary/aromatic N) is 7. The maximum atomic E-state index is 13.4. The fraction of sp³-hybridized carbons (Fsp3) is 0.477. The highest BCUT2D eigenvalue weighted by Gasteiger charge is 2.39. The van der Waals surface area contributed by atoms with E-state index in [1.54, 1.807) is 36.9 Å². The number of nitrogens with one attached hydrogen (secondary N) is 1. The number of rotatable bonds is 11. The van der Waals surface area contributed by atoms with Gasteiger partial charge in [-0.2, -0.15) is 0 Å². The van der Waals surface area contributed by atoms with E-state index in [4.69, 9.17) is 9.47 Å². The quantitative estimate of drug-likeness (QED) is 0.222. The lowest BCUT2D eigenvalue weighted by Gasteiger charge is -2.37. The molecule has 306 valence electrons. The van der Waals surface area contributed by atoms with Gasteiger partial charge in [0.15, 0.2) is 0 Å². The van der Waals surface area contributed by atoms with Crippen molar-refractivity contribution in [3.8, 4) is 22.6 Å². The lowest BCUT2D eigenvalue weighted by atomic mass is 9.92. The number of fused-ring (bicyclic) bond motifs is 2. The Morgan fingerprint density at radius 2 is 1.55 bits per heavy atom. The first-order valence-electron chi connectivity index (χ1n) is 20.4. The zero-order chi connectivity index (χ0) is 40.7. The number of amides is 3. The molecule has 2 aromatic carbocycles. The van der Waals surface area contributed by atoms with Gasteiger partial charge in [-0.3, -0.25) is 29.4 Å². The zero-order valence-corrected chi connectivity index (χ0v) is 34.3. The fourth-order valence-corrected chi connectivity index (χ4v) is 9.10. The second-order valence-electron chi connectivity index (χ2n) is 16.4. The molecule has 4 aliphatic heterocycles. The summed E-state index contributed by atoms with van der Waals surface area (Å²) >= 11 is 0. The van der Waals surface area contributed by atoms with Gasteiger partial charge < -0.3 is 33.6 Å². The molecular formula is C44H54N8O6. The minimum Gasteiger partial charge on any atom is -0.496 e. The number of piperidine rings is 2. The van der Waals surface area contributed by atoms with Crippen molar-refractivity contribution in [2.45, 2.75) is 51.2 Å². The SMILES string of the molecule is COc1cc(-c2cn(C)c(=O)c3cnc(N(C)C)cc23)cc(OC)c1CN1CCN(CCC2CCN(c3ccc4c(c3)C(=O)N(C3CCC(=O)NC3=O)C4)CC2)CC1. The molecule has 14 nitrogen and oxygen atoms in total. The molecule has 6 heterocycles. The first-order valence-corrected chi connectivity index (χ1v) is 20.4. The number of methoxy groups -OCH3 is 2. The fourth-order valence-electron chi connectivity index (χ4n) is 9.10. The molecule has 2 aromatic heterocycles. The number of benzene rings is 2. The Labute approximate surface area is 339 Å². The molecule has 3 saturated heterocycles. The van der Waals surface area contributed by atoms with Crippen LogP contribution in [0.3, 0.4) is 0 Å². The number of carbonyl (C=O) groups is 3. The number of pyridine rings is 2. The molecular weight excluding hydrogens is 737 g/mol. The minimum atomic E-state index is -0.595. The van der Waals surface area contributed by atoms with Gasteiger partial charge in [-0.1, -0.05) is 6.07 Å². The maximum Gasteiger partial charge on any atom is 0.259 e. The molecule has 3 fully saturated rings. The van der Waals surface area contributed by atoms with Crippen LogP contribution in [-0.4, -0.2) is 122 Å². The molecule has 58 heavy (non-hydrogen) atoms. The first-order chi connectivity index (χ1) is 28.0. The monoisotopic (exact) mass is 790 g/mol. The van der Waals surface area contributed by atoms with Crippen molar-refractivity contribution < 1.29 is 23.9 Å². The van der Waals surface area contributed by atoms with E-state index in [-0.39, 0.29) is 29.7 Å². The predicted molar refractivity (Wildman–Crippen MR) is 224 cm³/mol. The standard InChI is InChI=1S/C44H54N8O6/c1-47(2)40-23-33-34(24-45-40)43(55)48(3)26-35(33)30-20-38(57-4)36(39(21-30)58-5)27-50-18-16-49(17-19-50)13-10-28-11-14-51(15-12-28)31-7-6-29-25-52(44(56)32(29)22-31)37-8-9-41(53)46-42(37)54/h6-7,20-24,26,28,37H,8-19,25,27H2,1-5H3,(H,46,53,54). The van der Waals surface area contributed by atoms with Gasteiger partial charge in [0.05, 0.1) is 25.2 Å². The average Bonchev–Trinajstić information content (AvgIpc) is 3.56. The summed E-state index contributed by atoms with van der Waals surface area (Å²) in [5.41, 5.74) is 5.41. The third-order valence-electron chi connectivity index (χ3n) is 12.6. The average molecular weight is 791 g/mol. The smallest absolute Gasteiger partial charge is 0.259 e. The van der Waals surface area contributed by atoms with Crippen LogP contribution in [0.4, 0.5) is 11.5 Å². The van der Waals surface area contributed by atoms with E-state index in [9.17, 15) is 19.2 Å². The Kier molecular flexibility index (Phi) is 11.1. The second-order valence-corrected chi connectivity index (χ2v) is 16.4. The van der Waals surface area contributed by atoms with E-state index < -0.39 is 6.04 Å². The molecule has 14 heteroatoms. The number of imide groups is 1.